The van der Waals surface area contributed by atoms with Crippen LogP contribution >= 0.6 is 23.4 Å². The van der Waals surface area contributed by atoms with Gasteiger partial charge in [-0.05, 0) is 48.7 Å². The molecule has 2 unspecified atom stereocenters. The summed E-state index contributed by atoms with van der Waals surface area (Å²) in [6, 6.07) is 16.1. The summed E-state index contributed by atoms with van der Waals surface area (Å²) in [5.41, 5.74) is 3.98. The van der Waals surface area contributed by atoms with E-state index < -0.39 is 11.3 Å². The molecule has 4 heterocycles. The molecule has 198 valence electrons. The van der Waals surface area contributed by atoms with Crippen molar-refractivity contribution in [1.82, 2.24) is 20.5 Å². The van der Waals surface area contributed by atoms with Crippen molar-refractivity contribution in [2.45, 2.75) is 35.2 Å². The molecule has 10 heteroatoms. The number of hydrogen-bond acceptors (Lipinski definition) is 5. The highest BCUT2D eigenvalue weighted by atomic mass is 35.5. The van der Waals surface area contributed by atoms with Crippen LogP contribution in [0.5, 0.6) is 0 Å². The summed E-state index contributed by atoms with van der Waals surface area (Å²) >= 11 is 7.79. The zero-order valence-corrected chi connectivity index (χ0v) is 22.5. The number of carbonyl (C=O) groups is 3. The molecular weight excluding hydrogens is 534 g/mol. The Bertz CT molecular complexity index is 1500. The third-order valence-corrected chi connectivity index (χ3v) is 8.93. The SMILES string of the molecule is C=CC(=O)N1CCCC(NC(=O)[C@@H]2Sc3nccc4c3C2NC(=O)N4c2cccc(-c3ccccc3Cl)c2)C1. The van der Waals surface area contributed by atoms with Crippen LogP contribution in [0.1, 0.15) is 24.4 Å². The van der Waals surface area contributed by atoms with Gasteiger partial charge in [0.05, 0.1) is 17.4 Å². The Labute approximate surface area is 235 Å². The second-order valence-corrected chi connectivity index (χ2v) is 11.3. The number of urea groups is 1. The van der Waals surface area contributed by atoms with Crippen molar-refractivity contribution in [2.75, 3.05) is 18.0 Å². The lowest BCUT2D eigenvalue weighted by molar-refractivity contribution is -0.129. The van der Waals surface area contributed by atoms with Gasteiger partial charge in [-0.3, -0.25) is 14.5 Å². The van der Waals surface area contributed by atoms with Crippen LogP contribution < -0.4 is 15.5 Å². The number of hydrogen-bond donors (Lipinski definition) is 2. The van der Waals surface area contributed by atoms with Gasteiger partial charge in [0.15, 0.2) is 0 Å². The topological polar surface area (TPSA) is 94.6 Å². The van der Waals surface area contributed by atoms with Crippen LogP contribution in [0, 0.1) is 0 Å². The van der Waals surface area contributed by atoms with E-state index in [-0.39, 0.29) is 23.9 Å². The van der Waals surface area contributed by atoms with E-state index in [1.807, 2.05) is 54.6 Å². The molecule has 3 atom stereocenters. The lowest BCUT2D eigenvalue weighted by Gasteiger charge is -2.35. The maximum Gasteiger partial charge on any atom is 0.327 e. The minimum absolute atomic E-state index is 0.135. The molecule has 0 saturated carbocycles. The molecule has 0 spiro atoms. The van der Waals surface area contributed by atoms with E-state index in [4.69, 9.17) is 11.6 Å². The van der Waals surface area contributed by atoms with Gasteiger partial charge in [-0.2, -0.15) is 0 Å². The fourth-order valence-electron chi connectivity index (χ4n) is 5.50. The van der Waals surface area contributed by atoms with E-state index in [2.05, 4.69) is 22.2 Å². The molecule has 0 radical (unpaired) electrons. The Morgan fingerprint density at radius 2 is 2.03 bits per heavy atom. The van der Waals surface area contributed by atoms with Crippen molar-refractivity contribution in [3.63, 3.8) is 0 Å². The number of likely N-dealkylation sites (tertiary alicyclic amines) is 1. The molecule has 6 rings (SSSR count). The highest BCUT2D eigenvalue weighted by Gasteiger charge is 2.47. The number of anilines is 2. The minimum Gasteiger partial charge on any atom is -0.351 e. The van der Waals surface area contributed by atoms with E-state index in [0.29, 0.717) is 29.5 Å². The number of carbonyl (C=O) groups excluding carboxylic acids is 3. The van der Waals surface area contributed by atoms with Gasteiger partial charge in [-0.25, -0.2) is 9.78 Å². The molecule has 3 aliphatic rings. The number of piperidine rings is 1. The van der Waals surface area contributed by atoms with Gasteiger partial charge in [0, 0.05) is 41.5 Å². The van der Waals surface area contributed by atoms with Crippen LogP contribution in [-0.4, -0.2) is 52.1 Å². The standard InChI is InChI=1S/C29H26ClN5O3S/c1-2-23(36)34-14-6-8-18(16-34)32-27(37)26-25-24-22(12-13-31-28(24)39-26)35(29(38)33-25)19-9-5-7-17(15-19)20-10-3-4-11-21(20)30/h2-5,7,9-13,15,18,25-26H,1,6,8,14,16H2,(H,32,37)(H,33,38)/t18?,25?,26-/m1/s1. The number of nitrogens with one attached hydrogen (secondary N) is 2. The first-order valence-corrected chi connectivity index (χ1v) is 14.0. The molecule has 1 aromatic heterocycles. The molecule has 39 heavy (non-hydrogen) atoms. The highest BCUT2D eigenvalue weighted by molar-refractivity contribution is 8.01. The number of benzene rings is 2. The molecule has 3 aromatic rings. The van der Waals surface area contributed by atoms with Gasteiger partial charge < -0.3 is 15.5 Å². The number of pyridine rings is 1. The number of thioether (sulfide) groups is 1. The van der Waals surface area contributed by atoms with Crippen LogP contribution in [0.3, 0.4) is 0 Å². The average Bonchev–Trinajstić information content (AvgIpc) is 3.32. The zero-order chi connectivity index (χ0) is 27.1. The fraction of sp³-hybridized carbons (Fsp3) is 0.241. The number of rotatable bonds is 5. The largest absolute Gasteiger partial charge is 0.351 e. The van der Waals surface area contributed by atoms with Crippen molar-refractivity contribution in [3.8, 4) is 11.1 Å². The summed E-state index contributed by atoms with van der Waals surface area (Å²) in [4.78, 5) is 46.9. The second kappa shape index (κ2) is 10.4. The molecule has 2 N–H and O–H groups in total. The quantitative estimate of drug-likeness (QED) is 0.426. The van der Waals surface area contributed by atoms with E-state index in [1.54, 1.807) is 16.0 Å². The van der Waals surface area contributed by atoms with Gasteiger partial charge in [-0.1, -0.05) is 60.3 Å². The van der Waals surface area contributed by atoms with E-state index in [1.165, 1.54) is 17.8 Å². The monoisotopic (exact) mass is 559 g/mol. The van der Waals surface area contributed by atoms with Gasteiger partial charge in [0.2, 0.25) is 11.8 Å². The van der Waals surface area contributed by atoms with Crippen molar-refractivity contribution < 1.29 is 14.4 Å². The lowest BCUT2D eigenvalue weighted by Crippen LogP contribution is -2.53. The van der Waals surface area contributed by atoms with Crippen molar-refractivity contribution in [2.24, 2.45) is 0 Å². The normalized spacial score (nSPS) is 21.7. The number of aromatic nitrogens is 1. The molecule has 0 aliphatic carbocycles. The summed E-state index contributed by atoms with van der Waals surface area (Å²) in [5, 5.41) is 6.94. The van der Waals surface area contributed by atoms with Crippen LogP contribution in [0.2, 0.25) is 5.02 Å². The average molecular weight is 560 g/mol. The van der Waals surface area contributed by atoms with Crippen molar-refractivity contribution >= 4 is 52.6 Å². The van der Waals surface area contributed by atoms with Crippen molar-refractivity contribution in [3.05, 3.63) is 84.0 Å². The van der Waals surface area contributed by atoms with E-state index in [0.717, 1.165) is 34.6 Å². The maximum atomic E-state index is 13.5. The Morgan fingerprint density at radius 3 is 2.85 bits per heavy atom. The summed E-state index contributed by atoms with van der Waals surface area (Å²) in [6.45, 7) is 4.66. The third-order valence-electron chi connectivity index (χ3n) is 7.31. The zero-order valence-electron chi connectivity index (χ0n) is 21.0. The molecule has 4 amide bonds. The van der Waals surface area contributed by atoms with Crippen LogP contribution in [0.25, 0.3) is 11.1 Å². The first-order chi connectivity index (χ1) is 18.9. The summed E-state index contributed by atoms with van der Waals surface area (Å²) in [6.07, 6.45) is 4.56. The predicted octanol–water partition coefficient (Wildman–Crippen LogP) is 5.07. The number of amides is 4. The maximum absolute atomic E-state index is 13.5. The summed E-state index contributed by atoms with van der Waals surface area (Å²) in [7, 11) is 0. The van der Waals surface area contributed by atoms with Gasteiger partial charge >= 0.3 is 6.03 Å². The van der Waals surface area contributed by atoms with Crippen LogP contribution in [-0.2, 0) is 9.59 Å². The van der Waals surface area contributed by atoms with Crippen LogP contribution in [0.4, 0.5) is 16.2 Å². The second-order valence-electron chi connectivity index (χ2n) is 9.72. The lowest BCUT2D eigenvalue weighted by atomic mass is 9.98. The molecule has 8 nitrogen and oxygen atoms in total. The smallest absolute Gasteiger partial charge is 0.327 e. The Balaban J connectivity index is 1.27. The van der Waals surface area contributed by atoms with Gasteiger partial charge in [0.1, 0.15) is 10.3 Å². The van der Waals surface area contributed by atoms with Crippen molar-refractivity contribution in [1.29, 1.82) is 0 Å². The Morgan fingerprint density at radius 1 is 1.18 bits per heavy atom. The minimum atomic E-state index is -0.570. The Kier molecular flexibility index (Phi) is 6.78. The molecule has 1 fully saturated rings. The molecule has 1 saturated heterocycles. The van der Waals surface area contributed by atoms with Gasteiger partial charge in [-0.15, -0.1) is 0 Å². The van der Waals surface area contributed by atoms with Crippen LogP contribution in [0.15, 0.2) is 78.5 Å². The number of halogens is 1. The third kappa shape index (κ3) is 4.66. The highest BCUT2D eigenvalue weighted by Crippen LogP contribution is 2.50. The molecule has 2 aromatic carbocycles. The molecule has 3 aliphatic heterocycles. The predicted molar refractivity (Wildman–Crippen MR) is 152 cm³/mol. The summed E-state index contributed by atoms with van der Waals surface area (Å²) in [5.74, 6) is -0.315. The first-order valence-electron chi connectivity index (χ1n) is 12.8. The summed E-state index contributed by atoms with van der Waals surface area (Å²) < 4.78 is 0. The van der Waals surface area contributed by atoms with E-state index >= 15 is 0 Å². The fourth-order valence-corrected chi connectivity index (χ4v) is 6.98. The molecule has 0 bridgehead atoms. The first kappa shape index (κ1) is 25.5. The number of nitrogens with zero attached hydrogens (tertiary/aromatic N) is 3. The van der Waals surface area contributed by atoms with Gasteiger partial charge in [0.25, 0.3) is 0 Å². The Hall–Kier alpha value is -3.82. The van der Waals surface area contributed by atoms with E-state index in [9.17, 15) is 14.4 Å². The molecular formula is C29H26ClN5O3S.